The third-order valence-corrected chi connectivity index (χ3v) is 2.84. The van der Waals surface area contributed by atoms with E-state index in [2.05, 4.69) is 15.6 Å². The van der Waals surface area contributed by atoms with Crippen LogP contribution in [0.2, 0.25) is 0 Å². The van der Waals surface area contributed by atoms with Crippen molar-refractivity contribution in [3.05, 3.63) is 29.7 Å². The smallest absolute Gasteiger partial charge is 0.126 e. The molecule has 2 aromatic heterocycles. The van der Waals surface area contributed by atoms with Crippen LogP contribution in [-0.4, -0.2) is 19.6 Å². The fourth-order valence-electron chi connectivity index (χ4n) is 1.87. The molecular formula is C10H17N7. The number of hydrogen-bond donors (Lipinski definition) is 3. The van der Waals surface area contributed by atoms with E-state index in [1.54, 1.807) is 24.1 Å². The van der Waals surface area contributed by atoms with E-state index in [4.69, 9.17) is 11.6 Å². The maximum atomic E-state index is 5.95. The van der Waals surface area contributed by atoms with E-state index in [0.717, 1.165) is 17.8 Å². The van der Waals surface area contributed by atoms with Gasteiger partial charge in [0, 0.05) is 25.4 Å². The number of anilines is 1. The van der Waals surface area contributed by atoms with E-state index < -0.39 is 0 Å². The molecule has 7 heteroatoms. The molecule has 0 spiro atoms. The zero-order valence-corrected chi connectivity index (χ0v) is 9.96. The van der Waals surface area contributed by atoms with E-state index in [9.17, 15) is 0 Å². The summed E-state index contributed by atoms with van der Waals surface area (Å²) < 4.78 is 3.49. The number of hydrogen-bond acceptors (Lipinski definition) is 5. The molecule has 2 aromatic rings. The van der Waals surface area contributed by atoms with Crippen LogP contribution in [0.3, 0.4) is 0 Å². The van der Waals surface area contributed by atoms with Gasteiger partial charge in [0.2, 0.25) is 0 Å². The first kappa shape index (κ1) is 11.6. The van der Waals surface area contributed by atoms with Crippen LogP contribution in [0.1, 0.15) is 24.2 Å². The first-order valence-electron chi connectivity index (χ1n) is 5.44. The predicted octanol–water partition coefficient (Wildman–Crippen LogP) is -0.229. The highest BCUT2D eigenvalue weighted by atomic mass is 15.3. The topological polar surface area (TPSA) is 99.7 Å². The van der Waals surface area contributed by atoms with E-state index >= 15 is 0 Å². The second kappa shape index (κ2) is 4.56. The highest BCUT2D eigenvalue weighted by Crippen LogP contribution is 2.25. The molecule has 1 unspecified atom stereocenters. The van der Waals surface area contributed by atoms with Gasteiger partial charge >= 0.3 is 0 Å². The van der Waals surface area contributed by atoms with Crippen molar-refractivity contribution in [2.45, 2.75) is 19.5 Å². The lowest BCUT2D eigenvalue weighted by Crippen LogP contribution is -2.31. The molecule has 0 aliphatic heterocycles. The van der Waals surface area contributed by atoms with Gasteiger partial charge in [-0.3, -0.25) is 15.2 Å². The fourth-order valence-corrected chi connectivity index (χ4v) is 1.87. The number of nitrogens with one attached hydrogen (secondary N) is 1. The Labute approximate surface area is 99.4 Å². The normalized spacial score (nSPS) is 12.9. The van der Waals surface area contributed by atoms with Crippen LogP contribution in [-0.2, 0) is 13.6 Å². The van der Waals surface area contributed by atoms with Gasteiger partial charge in [-0.15, -0.1) is 0 Å². The molecule has 17 heavy (non-hydrogen) atoms. The van der Waals surface area contributed by atoms with Crippen molar-refractivity contribution < 1.29 is 0 Å². The monoisotopic (exact) mass is 235 g/mol. The highest BCUT2D eigenvalue weighted by molar-refractivity contribution is 5.44. The van der Waals surface area contributed by atoms with Crippen molar-refractivity contribution in [2.75, 3.05) is 5.73 Å². The Morgan fingerprint density at radius 1 is 1.47 bits per heavy atom. The second-order valence-corrected chi connectivity index (χ2v) is 3.78. The Hall–Kier alpha value is -1.86. The zero-order valence-electron chi connectivity index (χ0n) is 9.96. The molecule has 0 saturated carbocycles. The molecule has 5 N–H and O–H groups in total. The minimum Gasteiger partial charge on any atom is -0.384 e. The quantitative estimate of drug-likeness (QED) is 0.502. The molecule has 0 aliphatic rings. The first-order valence-corrected chi connectivity index (χ1v) is 5.44. The highest BCUT2D eigenvalue weighted by Gasteiger charge is 2.21. The number of rotatable bonds is 4. The number of hydrazine groups is 1. The molecule has 0 radical (unpaired) electrons. The van der Waals surface area contributed by atoms with Gasteiger partial charge in [0.05, 0.1) is 17.9 Å². The van der Waals surface area contributed by atoms with Crippen LogP contribution in [0.5, 0.6) is 0 Å². The Morgan fingerprint density at radius 2 is 2.24 bits per heavy atom. The van der Waals surface area contributed by atoms with E-state index in [1.807, 2.05) is 17.7 Å². The van der Waals surface area contributed by atoms with E-state index in [-0.39, 0.29) is 6.04 Å². The standard InChI is InChI=1S/C10H17N7/c1-3-17-8(4-5-13-17)9(15-12)7-6-14-16(2)10(7)11/h4-6,9,15H,3,11-12H2,1-2H3. The van der Waals surface area contributed by atoms with E-state index in [0.29, 0.717) is 5.82 Å². The predicted molar refractivity (Wildman–Crippen MR) is 64.7 cm³/mol. The maximum absolute atomic E-state index is 5.95. The molecule has 0 bridgehead atoms. The van der Waals surface area contributed by atoms with Crippen molar-refractivity contribution in [3.63, 3.8) is 0 Å². The lowest BCUT2D eigenvalue weighted by Gasteiger charge is -2.16. The Morgan fingerprint density at radius 3 is 2.76 bits per heavy atom. The summed E-state index contributed by atoms with van der Waals surface area (Å²) in [7, 11) is 1.80. The summed E-state index contributed by atoms with van der Waals surface area (Å²) in [6.07, 6.45) is 3.46. The summed E-state index contributed by atoms with van der Waals surface area (Å²) in [5, 5.41) is 8.34. The number of nitrogen functional groups attached to an aromatic ring is 1. The minimum absolute atomic E-state index is 0.203. The summed E-state index contributed by atoms with van der Waals surface area (Å²) in [6.45, 7) is 2.80. The van der Waals surface area contributed by atoms with Crippen LogP contribution in [0.15, 0.2) is 18.5 Å². The summed E-state index contributed by atoms with van der Waals surface area (Å²) in [6, 6.07) is 1.71. The van der Waals surface area contributed by atoms with Gasteiger partial charge in [-0.05, 0) is 13.0 Å². The van der Waals surface area contributed by atoms with Crippen LogP contribution in [0.25, 0.3) is 0 Å². The molecule has 0 aliphatic carbocycles. The largest absolute Gasteiger partial charge is 0.384 e. The molecule has 1 atom stereocenters. The van der Waals surface area contributed by atoms with Crippen LogP contribution in [0, 0.1) is 0 Å². The number of nitrogens with zero attached hydrogens (tertiary/aromatic N) is 4. The number of aryl methyl sites for hydroxylation is 2. The molecule has 0 fully saturated rings. The van der Waals surface area contributed by atoms with Crippen molar-refractivity contribution in [3.8, 4) is 0 Å². The van der Waals surface area contributed by atoms with Gasteiger partial charge in [-0.2, -0.15) is 10.2 Å². The molecule has 2 rings (SSSR count). The van der Waals surface area contributed by atoms with Gasteiger partial charge in [0.25, 0.3) is 0 Å². The van der Waals surface area contributed by atoms with Crippen molar-refractivity contribution in [2.24, 2.45) is 12.9 Å². The zero-order chi connectivity index (χ0) is 12.4. The molecule has 92 valence electrons. The lowest BCUT2D eigenvalue weighted by atomic mass is 10.1. The molecule has 7 nitrogen and oxygen atoms in total. The van der Waals surface area contributed by atoms with Crippen LogP contribution < -0.4 is 17.0 Å². The summed E-state index contributed by atoms with van der Waals surface area (Å²) in [5.74, 6) is 6.21. The molecule has 0 amide bonds. The van der Waals surface area contributed by atoms with Crippen molar-refractivity contribution >= 4 is 5.82 Å². The molecular weight excluding hydrogens is 218 g/mol. The molecule has 2 heterocycles. The van der Waals surface area contributed by atoms with Crippen molar-refractivity contribution in [1.82, 2.24) is 25.0 Å². The van der Waals surface area contributed by atoms with Gasteiger partial charge in [-0.1, -0.05) is 0 Å². The average molecular weight is 235 g/mol. The van der Waals surface area contributed by atoms with Gasteiger partial charge in [-0.25, -0.2) is 5.43 Å². The first-order chi connectivity index (χ1) is 8.19. The van der Waals surface area contributed by atoms with Gasteiger partial charge < -0.3 is 5.73 Å². The third kappa shape index (κ3) is 1.90. The second-order valence-electron chi connectivity index (χ2n) is 3.78. The van der Waals surface area contributed by atoms with Crippen molar-refractivity contribution in [1.29, 1.82) is 0 Å². The van der Waals surface area contributed by atoms with Crippen LogP contribution in [0.4, 0.5) is 5.82 Å². The SMILES string of the molecule is CCn1nccc1C(NN)c1cnn(C)c1N. The average Bonchev–Trinajstić information content (AvgIpc) is 2.92. The number of aromatic nitrogens is 4. The third-order valence-electron chi connectivity index (χ3n) is 2.84. The summed E-state index contributed by atoms with van der Waals surface area (Å²) in [4.78, 5) is 0. The van der Waals surface area contributed by atoms with Crippen LogP contribution >= 0.6 is 0 Å². The Bertz CT molecular complexity index is 498. The minimum atomic E-state index is -0.203. The van der Waals surface area contributed by atoms with Gasteiger partial charge in [0.1, 0.15) is 5.82 Å². The lowest BCUT2D eigenvalue weighted by molar-refractivity contribution is 0.544. The van der Waals surface area contributed by atoms with Gasteiger partial charge in [0.15, 0.2) is 0 Å². The summed E-state index contributed by atoms with van der Waals surface area (Å²) >= 11 is 0. The summed E-state index contributed by atoms with van der Waals surface area (Å²) in [5.41, 5.74) is 10.5. The maximum Gasteiger partial charge on any atom is 0.126 e. The molecule has 0 aromatic carbocycles. The Kier molecular flexibility index (Phi) is 3.12. The fraction of sp³-hybridized carbons (Fsp3) is 0.400. The Balaban J connectivity index is 2.44. The molecule has 0 saturated heterocycles. The van der Waals surface area contributed by atoms with E-state index in [1.165, 1.54) is 0 Å². The number of nitrogens with two attached hydrogens (primary N) is 2.